The molecule has 2 aromatic heterocycles. The second-order valence-electron chi connectivity index (χ2n) is 4.14. The summed E-state index contributed by atoms with van der Waals surface area (Å²) in [5.74, 6) is 5.92. The molecule has 0 atom stereocenters. The summed E-state index contributed by atoms with van der Waals surface area (Å²) in [6, 6.07) is 7.84. The fraction of sp³-hybridized carbons (Fsp3) is 0.0769. The number of halogens is 1. The molecule has 0 fully saturated rings. The molecule has 0 amide bonds. The maximum absolute atomic E-state index is 12.8. The highest BCUT2D eigenvalue weighted by Crippen LogP contribution is 2.15. The molecule has 3 rings (SSSR count). The number of benzene rings is 1. The number of thiophene rings is 1. The topological polar surface area (TPSA) is 60.9 Å². The molecular weight excluding hydrogens is 265 g/mol. The highest BCUT2D eigenvalue weighted by Gasteiger charge is 2.10. The molecule has 6 heteroatoms. The van der Waals surface area contributed by atoms with Crippen LogP contribution in [0.3, 0.4) is 0 Å². The second kappa shape index (κ2) is 4.47. The van der Waals surface area contributed by atoms with Crippen LogP contribution in [0, 0.1) is 5.82 Å². The van der Waals surface area contributed by atoms with Gasteiger partial charge in [-0.2, -0.15) is 0 Å². The number of rotatable bonds is 2. The zero-order valence-electron chi connectivity index (χ0n) is 9.84. The Labute approximate surface area is 111 Å². The Hall–Kier alpha value is -2.21. The van der Waals surface area contributed by atoms with Gasteiger partial charge in [0, 0.05) is 6.42 Å². The molecule has 1 aromatic carbocycles. The lowest BCUT2D eigenvalue weighted by Gasteiger charge is -2.07. The van der Waals surface area contributed by atoms with E-state index < -0.39 is 0 Å². The first-order valence-corrected chi connectivity index (χ1v) is 6.52. The number of hydrogen-bond donors (Lipinski definition) is 1. The lowest BCUT2D eigenvalue weighted by molar-refractivity contribution is 0.627. The molecule has 0 aliphatic heterocycles. The summed E-state index contributed by atoms with van der Waals surface area (Å²) in [6.07, 6.45) is 0.387. The SMILES string of the molecule is Nn1c(Cc2ccc(F)cc2)nc2ccsc2c1=O. The Morgan fingerprint density at radius 2 is 2.00 bits per heavy atom. The second-order valence-corrected chi connectivity index (χ2v) is 5.06. The average Bonchev–Trinajstić information content (AvgIpc) is 2.86. The molecule has 4 nitrogen and oxygen atoms in total. The van der Waals surface area contributed by atoms with Crippen molar-refractivity contribution >= 4 is 21.6 Å². The maximum Gasteiger partial charge on any atom is 0.289 e. The van der Waals surface area contributed by atoms with E-state index in [9.17, 15) is 9.18 Å². The Balaban J connectivity index is 2.07. The minimum atomic E-state index is -0.296. The van der Waals surface area contributed by atoms with E-state index in [1.54, 1.807) is 23.6 Å². The summed E-state index contributed by atoms with van der Waals surface area (Å²) < 4.78 is 14.4. The van der Waals surface area contributed by atoms with Crippen LogP contribution in [0.1, 0.15) is 11.4 Å². The Morgan fingerprint density at radius 1 is 1.26 bits per heavy atom. The lowest BCUT2D eigenvalue weighted by atomic mass is 10.1. The van der Waals surface area contributed by atoms with Crippen molar-refractivity contribution < 1.29 is 4.39 Å². The molecule has 2 heterocycles. The van der Waals surface area contributed by atoms with Crippen molar-refractivity contribution in [3.63, 3.8) is 0 Å². The molecule has 0 saturated heterocycles. The van der Waals surface area contributed by atoms with Crippen molar-refractivity contribution in [2.45, 2.75) is 6.42 Å². The van der Waals surface area contributed by atoms with Crippen LogP contribution in [0.25, 0.3) is 10.2 Å². The minimum Gasteiger partial charge on any atom is -0.335 e. The minimum absolute atomic E-state index is 0.253. The van der Waals surface area contributed by atoms with E-state index in [1.807, 2.05) is 0 Å². The summed E-state index contributed by atoms with van der Waals surface area (Å²) in [4.78, 5) is 16.4. The van der Waals surface area contributed by atoms with Crippen LogP contribution in [0.4, 0.5) is 4.39 Å². The predicted octanol–water partition coefficient (Wildman–Crippen LogP) is 1.90. The van der Waals surface area contributed by atoms with Gasteiger partial charge in [-0.25, -0.2) is 14.1 Å². The molecular formula is C13H10FN3OS. The highest BCUT2D eigenvalue weighted by atomic mass is 32.1. The van der Waals surface area contributed by atoms with Crippen LogP contribution in [-0.4, -0.2) is 9.66 Å². The molecule has 0 saturated carbocycles. The molecule has 0 aliphatic carbocycles. The van der Waals surface area contributed by atoms with Crippen LogP contribution in [0.15, 0.2) is 40.5 Å². The molecule has 2 N–H and O–H groups in total. The van der Waals surface area contributed by atoms with E-state index in [1.165, 1.54) is 23.5 Å². The van der Waals surface area contributed by atoms with Crippen molar-refractivity contribution in [1.29, 1.82) is 0 Å². The van der Waals surface area contributed by atoms with Crippen molar-refractivity contribution in [1.82, 2.24) is 9.66 Å². The molecule has 0 bridgehead atoms. The molecule has 0 spiro atoms. The molecule has 0 radical (unpaired) electrons. The third kappa shape index (κ3) is 2.10. The number of hydrogen-bond acceptors (Lipinski definition) is 4. The molecule has 3 aromatic rings. The molecule has 0 aliphatic rings. The van der Waals surface area contributed by atoms with Gasteiger partial charge in [-0.05, 0) is 29.1 Å². The van der Waals surface area contributed by atoms with E-state index in [2.05, 4.69) is 4.98 Å². The van der Waals surface area contributed by atoms with Crippen LogP contribution in [0.5, 0.6) is 0 Å². The zero-order valence-corrected chi connectivity index (χ0v) is 10.7. The van der Waals surface area contributed by atoms with Crippen LogP contribution in [0.2, 0.25) is 0 Å². The van der Waals surface area contributed by atoms with Crippen LogP contribution < -0.4 is 11.4 Å². The van der Waals surface area contributed by atoms with Gasteiger partial charge >= 0.3 is 0 Å². The monoisotopic (exact) mass is 275 g/mol. The van der Waals surface area contributed by atoms with Gasteiger partial charge < -0.3 is 5.84 Å². The van der Waals surface area contributed by atoms with E-state index in [0.717, 1.165) is 10.2 Å². The van der Waals surface area contributed by atoms with E-state index in [0.29, 0.717) is 22.5 Å². The lowest BCUT2D eigenvalue weighted by Crippen LogP contribution is -2.31. The quantitative estimate of drug-likeness (QED) is 0.727. The molecule has 19 heavy (non-hydrogen) atoms. The first kappa shape index (κ1) is 11.9. The van der Waals surface area contributed by atoms with Gasteiger partial charge in [0.05, 0.1) is 5.52 Å². The number of nitrogens with two attached hydrogens (primary N) is 1. The van der Waals surface area contributed by atoms with Crippen LogP contribution in [-0.2, 0) is 6.42 Å². The number of aromatic nitrogens is 2. The molecule has 96 valence electrons. The van der Waals surface area contributed by atoms with Crippen molar-refractivity contribution in [2.24, 2.45) is 0 Å². The standard InChI is InChI=1S/C13H10FN3OS/c14-9-3-1-8(2-4-9)7-11-16-10-5-6-19-12(10)13(18)17(11)15/h1-6H,7,15H2. The fourth-order valence-electron chi connectivity index (χ4n) is 1.88. The Morgan fingerprint density at radius 3 is 2.74 bits per heavy atom. The van der Waals surface area contributed by atoms with Crippen molar-refractivity contribution in [2.75, 3.05) is 5.84 Å². The van der Waals surface area contributed by atoms with Gasteiger partial charge in [0.2, 0.25) is 0 Å². The molecule has 0 unspecified atom stereocenters. The van der Waals surface area contributed by atoms with Gasteiger partial charge in [0.1, 0.15) is 16.3 Å². The fourth-order valence-corrected chi connectivity index (χ4v) is 2.65. The summed E-state index contributed by atoms with van der Waals surface area (Å²) >= 11 is 1.32. The van der Waals surface area contributed by atoms with E-state index >= 15 is 0 Å². The first-order valence-electron chi connectivity index (χ1n) is 5.64. The Kier molecular flexibility index (Phi) is 2.79. The summed E-state index contributed by atoms with van der Waals surface area (Å²) in [5, 5.41) is 1.81. The van der Waals surface area contributed by atoms with Crippen molar-refractivity contribution in [3.8, 4) is 0 Å². The predicted molar refractivity (Wildman–Crippen MR) is 73.2 cm³/mol. The van der Waals surface area contributed by atoms with Gasteiger partial charge in [-0.1, -0.05) is 12.1 Å². The third-order valence-electron chi connectivity index (χ3n) is 2.86. The van der Waals surface area contributed by atoms with Gasteiger partial charge in [0.15, 0.2) is 0 Å². The summed E-state index contributed by atoms with van der Waals surface area (Å²) in [5.41, 5.74) is 1.24. The van der Waals surface area contributed by atoms with E-state index in [4.69, 9.17) is 5.84 Å². The normalized spacial score (nSPS) is 11.0. The first-order chi connectivity index (χ1) is 9.15. The maximum atomic E-state index is 12.8. The van der Waals surface area contributed by atoms with Crippen molar-refractivity contribution in [3.05, 3.63) is 63.3 Å². The van der Waals surface area contributed by atoms with Crippen LogP contribution >= 0.6 is 11.3 Å². The summed E-state index contributed by atoms with van der Waals surface area (Å²) in [7, 11) is 0. The largest absolute Gasteiger partial charge is 0.335 e. The highest BCUT2D eigenvalue weighted by molar-refractivity contribution is 7.17. The number of nitrogens with zero attached hydrogens (tertiary/aromatic N) is 2. The van der Waals surface area contributed by atoms with E-state index in [-0.39, 0.29) is 11.4 Å². The zero-order chi connectivity index (χ0) is 13.4. The smallest absolute Gasteiger partial charge is 0.289 e. The van der Waals surface area contributed by atoms with Gasteiger partial charge in [0.25, 0.3) is 5.56 Å². The van der Waals surface area contributed by atoms with Gasteiger partial charge in [-0.3, -0.25) is 4.79 Å². The third-order valence-corrected chi connectivity index (χ3v) is 3.75. The summed E-state index contributed by atoms with van der Waals surface area (Å²) in [6.45, 7) is 0. The number of fused-ring (bicyclic) bond motifs is 1. The number of nitrogen functional groups attached to an aromatic ring is 1. The van der Waals surface area contributed by atoms with Gasteiger partial charge in [-0.15, -0.1) is 11.3 Å². The average molecular weight is 275 g/mol. The Bertz CT molecular complexity index is 792.